The predicted octanol–water partition coefficient (Wildman–Crippen LogP) is 1.91. The number of piperidine rings is 1. The Hall–Kier alpha value is -2.62. The molecule has 2 aliphatic heterocycles. The van der Waals surface area contributed by atoms with Gasteiger partial charge in [-0.1, -0.05) is 5.21 Å². The highest BCUT2D eigenvalue weighted by atomic mass is 32.2. The third-order valence-corrected chi connectivity index (χ3v) is 12.2. The number of aliphatic hydroxyl groups is 4. The van der Waals surface area contributed by atoms with Gasteiger partial charge in [0.1, 0.15) is 11.7 Å². The Kier molecular flexibility index (Phi) is 8.67. The topological polar surface area (TPSA) is 141 Å². The molecule has 0 aliphatic carbocycles. The maximum absolute atomic E-state index is 13.8. The van der Waals surface area contributed by atoms with Crippen LogP contribution in [0.15, 0.2) is 18.3 Å². The first-order valence-electron chi connectivity index (χ1n) is 13.9. The van der Waals surface area contributed by atoms with Crippen molar-refractivity contribution in [3.05, 3.63) is 58.6 Å². The SMILES string of the molecule is Cc1nc(C)c([C@H]([SH]2C[C@H](O)[C@H](n3cc(-c4cc(F)c(F)c(F)c4)nn3)[C@@H](O)[C@H]2CO)C2(O)CCN(C)CC2)nc1C. The van der Waals surface area contributed by atoms with Crippen molar-refractivity contribution in [3.63, 3.8) is 0 Å². The molecule has 0 amide bonds. The van der Waals surface area contributed by atoms with E-state index < -0.39 is 69.3 Å². The number of benzene rings is 1. The number of aromatic nitrogens is 5. The van der Waals surface area contributed by atoms with Gasteiger partial charge in [0.25, 0.3) is 0 Å². The molecule has 3 aromatic rings. The molecule has 0 radical (unpaired) electrons. The molecule has 0 saturated carbocycles. The molecule has 5 rings (SSSR count). The number of aryl methyl sites for hydroxylation is 3. The van der Waals surface area contributed by atoms with Crippen molar-refractivity contribution in [3.8, 4) is 11.3 Å². The molecule has 2 saturated heterocycles. The quantitative estimate of drug-likeness (QED) is 0.209. The summed E-state index contributed by atoms with van der Waals surface area (Å²) in [5, 5.41) is 52.5. The number of hydrogen-bond acceptors (Lipinski definition) is 9. The Morgan fingerprint density at radius 1 is 1.02 bits per heavy atom. The lowest BCUT2D eigenvalue weighted by molar-refractivity contribution is -0.0227. The zero-order chi connectivity index (χ0) is 30.5. The average molecular weight is 611 g/mol. The molecule has 0 spiro atoms. The molecule has 6 atom stereocenters. The molecule has 4 N–H and O–H groups in total. The summed E-state index contributed by atoms with van der Waals surface area (Å²) in [6.45, 7) is 6.42. The molecule has 10 nitrogen and oxygen atoms in total. The average Bonchev–Trinajstić information content (AvgIpc) is 3.41. The van der Waals surface area contributed by atoms with Crippen LogP contribution < -0.4 is 0 Å². The molecule has 2 aliphatic rings. The van der Waals surface area contributed by atoms with Crippen molar-refractivity contribution in [2.45, 2.75) is 68.0 Å². The standard InChI is InChI=1S/C28H37F3N6O4S/c1-14-15(2)33-24(16(3)32-14)27(28(41)5-7-36(4)8-6-28)42-13-21(39)25(26(40)22(42)12-38)37-11-20(34-35-37)17-9-18(29)23(31)19(30)10-17/h9-11,21-22,25-27,38-42H,5-8,12-13H2,1-4H3/t21-,22+,25-,26-,27-/m0/s1. The Morgan fingerprint density at radius 3 is 2.26 bits per heavy atom. The molecule has 42 heavy (non-hydrogen) atoms. The lowest BCUT2D eigenvalue weighted by atomic mass is 9.86. The van der Waals surface area contributed by atoms with E-state index in [0.29, 0.717) is 43.0 Å². The van der Waals surface area contributed by atoms with Gasteiger partial charge >= 0.3 is 0 Å². The van der Waals surface area contributed by atoms with Crippen molar-refractivity contribution in [2.24, 2.45) is 0 Å². The number of thiol groups is 1. The van der Waals surface area contributed by atoms with E-state index in [2.05, 4.69) is 20.2 Å². The third kappa shape index (κ3) is 5.55. The molecule has 2 aromatic heterocycles. The second kappa shape index (κ2) is 11.8. The van der Waals surface area contributed by atoms with Crippen LogP contribution in [0.3, 0.4) is 0 Å². The normalized spacial score (nSPS) is 28.1. The smallest absolute Gasteiger partial charge is 0.194 e. The molecular weight excluding hydrogens is 573 g/mol. The van der Waals surface area contributed by atoms with Crippen LogP contribution in [0.1, 0.15) is 46.9 Å². The Bertz CT molecular complexity index is 1430. The number of aliphatic hydroxyl groups excluding tert-OH is 3. The summed E-state index contributed by atoms with van der Waals surface area (Å²) in [6, 6.07) is 0.531. The van der Waals surface area contributed by atoms with E-state index in [0.717, 1.165) is 17.8 Å². The van der Waals surface area contributed by atoms with E-state index >= 15 is 0 Å². The van der Waals surface area contributed by atoms with Crippen LogP contribution in [0, 0.1) is 38.2 Å². The number of likely N-dealkylation sites (tertiary alicyclic amines) is 1. The van der Waals surface area contributed by atoms with Gasteiger partial charge in [0.05, 0.1) is 58.6 Å². The number of nitrogens with zero attached hydrogens (tertiary/aromatic N) is 6. The fourth-order valence-electron chi connectivity index (χ4n) is 6.20. The molecular formula is C28H37F3N6O4S. The Morgan fingerprint density at radius 2 is 1.64 bits per heavy atom. The van der Waals surface area contributed by atoms with E-state index in [1.165, 1.54) is 10.9 Å². The second-order valence-electron chi connectivity index (χ2n) is 11.5. The van der Waals surface area contributed by atoms with Crippen LogP contribution in [-0.2, 0) is 0 Å². The predicted molar refractivity (Wildman–Crippen MR) is 152 cm³/mol. The fraction of sp³-hybridized carbons (Fsp3) is 0.571. The summed E-state index contributed by atoms with van der Waals surface area (Å²) in [5.74, 6) is -4.22. The number of hydrogen-bond donors (Lipinski definition) is 5. The van der Waals surface area contributed by atoms with Crippen molar-refractivity contribution in [1.29, 1.82) is 0 Å². The molecule has 230 valence electrons. The van der Waals surface area contributed by atoms with Gasteiger partial charge in [0.15, 0.2) is 17.5 Å². The summed E-state index contributed by atoms with van der Waals surface area (Å²) in [5.41, 5.74) is 1.50. The second-order valence-corrected chi connectivity index (χ2v) is 14.1. The van der Waals surface area contributed by atoms with E-state index in [-0.39, 0.29) is 17.0 Å². The van der Waals surface area contributed by atoms with Crippen LogP contribution in [0.4, 0.5) is 13.2 Å². The van der Waals surface area contributed by atoms with Gasteiger partial charge in [-0.05, 0) is 52.8 Å². The van der Waals surface area contributed by atoms with Gasteiger partial charge in [-0.2, -0.15) is 0 Å². The number of halogens is 3. The third-order valence-electron chi connectivity index (χ3n) is 8.72. The lowest BCUT2D eigenvalue weighted by Gasteiger charge is -2.53. The highest BCUT2D eigenvalue weighted by Crippen LogP contribution is 2.59. The van der Waals surface area contributed by atoms with Crippen LogP contribution in [-0.4, -0.2) is 106 Å². The zero-order valence-electron chi connectivity index (χ0n) is 23.9. The van der Waals surface area contributed by atoms with Crippen molar-refractivity contribution in [2.75, 3.05) is 32.5 Å². The first-order chi connectivity index (χ1) is 19.8. The minimum absolute atomic E-state index is 0.0140. The summed E-state index contributed by atoms with van der Waals surface area (Å²) < 4.78 is 42.4. The monoisotopic (exact) mass is 610 g/mol. The Balaban J connectivity index is 1.52. The largest absolute Gasteiger partial charge is 0.395 e. The molecule has 4 heterocycles. The van der Waals surface area contributed by atoms with Crippen molar-refractivity contribution < 1.29 is 33.6 Å². The summed E-state index contributed by atoms with van der Waals surface area (Å²) in [4.78, 5) is 11.7. The van der Waals surface area contributed by atoms with Gasteiger partial charge in [-0.15, -0.1) is 5.10 Å². The van der Waals surface area contributed by atoms with Gasteiger partial charge in [0, 0.05) is 29.7 Å². The molecule has 1 unspecified atom stereocenters. The molecule has 1 aromatic carbocycles. The minimum atomic E-state index is -1.60. The first kappa shape index (κ1) is 30.8. The fourth-order valence-corrected chi connectivity index (χ4v) is 9.93. The van der Waals surface area contributed by atoms with Crippen molar-refractivity contribution >= 4 is 10.9 Å². The molecule has 14 heteroatoms. The van der Waals surface area contributed by atoms with Crippen LogP contribution in [0.5, 0.6) is 0 Å². The molecule has 0 bridgehead atoms. The van der Waals surface area contributed by atoms with Crippen LogP contribution in [0.25, 0.3) is 11.3 Å². The lowest BCUT2D eigenvalue weighted by Crippen LogP contribution is -2.54. The van der Waals surface area contributed by atoms with Crippen LogP contribution in [0.2, 0.25) is 0 Å². The zero-order valence-corrected chi connectivity index (χ0v) is 24.8. The molecule has 2 fully saturated rings. The van der Waals surface area contributed by atoms with E-state index in [4.69, 9.17) is 4.98 Å². The summed E-state index contributed by atoms with van der Waals surface area (Å²) in [6.07, 6.45) is -0.259. The van der Waals surface area contributed by atoms with Crippen LogP contribution >= 0.6 is 10.9 Å². The highest BCUT2D eigenvalue weighted by molar-refractivity contribution is 8.18. The highest BCUT2D eigenvalue weighted by Gasteiger charge is 2.52. The van der Waals surface area contributed by atoms with Crippen molar-refractivity contribution in [1.82, 2.24) is 29.9 Å². The van der Waals surface area contributed by atoms with Gasteiger partial charge in [0.2, 0.25) is 0 Å². The minimum Gasteiger partial charge on any atom is -0.395 e. The summed E-state index contributed by atoms with van der Waals surface area (Å²) >= 11 is 0. The van der Waals surface area contributed by atoms with E-state index in [9.17, 15) is 33.6 Å². The maximum atomic E-state index is 13.8. The van der Waals surface area contributed by atoms with Gasteiger partial charge in [-0.3, -0.25) is 9.97 Å². The first-order valence-corrected chi connectivity index (χ1v) is 15.5. The van der Waals surface area contributed by atoms with Gasteiger partial charge < -0.3 is 25.3 Å². The van der Waals surface area contributed by atoms with Gasteiger partial charge in [-0.25, -0.2) is 28.7 Å². The Labute approximate surface area is 244 Å². The van der Waals surface area contributed by atoms with E-state index in [1.54, 1.807) is 0 Å². The summed E-state index contributed by atoms with van der Waals surface area (Å²) in [7, 11) is 0.516. The number of rotatable bonds is 6. The van der Waals surface area contributed by atoms with E-state index in [1.807, 2.05) is 27.8 Å². The maximum Gasteiger partial charge on any atom is 0.194 e.